The lowest BCUT2D eigenvalue weighted by molar-refractivity contribution is -0.142. The van der Waals surface area contributed by atoms with Crippen LogP contribution in [0.3, 0.4) is 0 Å². The van der Waals surface area contributed by atoms with E-state index >= 15 is 0 Å². The summed E-state index contributed by atoms with van der Waals surface area (Å²) < 4.78 is 36.2. The number of carbonyl (C=O) groups excluding carboxylic acids is 1. The van der Waals surface area contributed by atoms with Gasteiger partial charge >= 0.3 is 5.97 Å². The molecule has 0 saturated heterocycles. The monoisotopic (exact) mass is 428 g/mol. The van der Waals surface area contributed by atoms with Gasteiger partial charge in [-0.25, -0.2) is 13.1 Å². The minimum Gasteiger partial charge on any atom is -0.465 e. The van der Waals surface area contributed by atoms with E-state index in [1.165, 1.54) is 6.08 Å². The van der Waals surface area contributed by atoms with Crippen LogP contribution in [0.5, 0.6) is 0 Å². The lowest BCUT2D eigenvalue weighted by Gasteiger charge is -2.04. The van der Waals surface area contributed by atoms with Gasteiger partial charge in [-0.1, -0.05) is 35.5 Å². The van der Waals surface area contributed by atoms with Gasteiger partial charge in [0.2, 0.25) is 21.7 Å². The van der Waals surface area contributed by atoms with Crippen LogP contribution < -0.4 is 4.72 Å². The number of aryl methyl sites for hydroxylation is 1. The number of pyridine rings is 1. The quantitative estimate of drug-likeness (QED) is 0.385. The van der Waals surface area contributed by atoms with Crippen molar-refractivity contribution >= 4 is 22.1 Å². The van der Waals surface area contributed by atoms with E-state index < -0.39 is 22.5 Å². The lowest BCUT2D eigenvalue weighted by Crippen LogP contribution is -2.29. The molecule has 0 saturated carbocycles. The Morgan fingerprint density at radius 2 is 2.00 bits per heavy atom. The van der Waals surface area contributed by atoms with Crippen molar-refractivity contribution in [3.63, 3.8) is 0 Å². The van der Waals surface area contributed by atoms with Crippen LogP contribution in [0, 0.1) is 0 Å². The van der Waals surface area contributed by atoms with Crippen LogP contribution in [-0.2, 0) is 26.0 Å². The molecule has 10 heteroatoms. The van der Waals surface area contributed by atoms with E-state index in [2.05, 4.69) is 19.8 Å². The van der Waals surface area contributed by atoms with Crippen LogP contribution in [0.4, 0.5) is 0 Å². The summed E-state index contributed by atoms with van der Waals surface area (Å²) in [5.74, 6) is 0.179. The highest BCUT2D eigenvalue weighted by Gasteiger charge is 2.11. The fourth-order valence-corrected chi connectivity index (χ4v) is 3.12. The Morgan fingerprint density at radius 1 is 1.17 bits per heavy atom. The van der Waals surface area contributed by atoms with Crippen molar-refractivity contribution in [3.05, 3.63) is 71.7 Å². The first-order chi connectivity index (χ1) is 14.5. The zero-order valence-corrected chi connectivity index (χ0v) is 16.8. The molecule has 0 spiro atoms. The number of carbonyl (C=O) groups is 1. The second-order valence-corrected chi connectivity index (χ2v) is 7.81. The largest absolute Gasteiger partial charge is 0.465 e. The third-order valence-corrected chi connectivity index (χ3v) is 4.88. The standard InChI is InChI=1S/C20H20N4O5S/c25-19(15-22-30(26,27)13-10-16-6-2-1-3-7-16)28-12-5-9-18-23-20(24-29-18)17-8-4-11-21-14-17/h1-4,6-8,10-11,13-14,22H,5,9,12,15H2/b13-10+. The molecule has 2 aromatic heterocycles. The first kappa shape index (κ1) is 21.3. The van der Waals surface area contributed by atoms with Gasteiger partial charge in [0.25, 0.3) is 0 Å². The summed E-state index contributed by atoms with van der Waals surface area (Å²) in [7, 11) is -3.74. The Morgan fingerprint density at radius 3 is 2.77 bits per heavy atom. The van der Waals surface area contributed by atoms with E-state index in [9.17, 15) is 13.2 Å². The summed E-state index contributed by atoms with van der Waals surface area (Å²) in [6.07, 6.45) is 5.61. The van der Waals surface area contributed by atoms with Gasteiger partial charge in [-0.15, -0.1) is 0 Å². The minimum atomic E-state index is -3.74. The molecule has 0 fully saturated rings. The molecule has 0 atom stereocenters. The third-order valence-electron chi connectivity index (χ3n) is 3.84. The van der Waals surface area contributed by atoms with Crippen molar-refractivity contribution in [3.8, 4) is 11.4 Å². The summed E-state index contributed by atoms with van der Waals surface area (Å²) >= 11 is 0. The topological polar surface area (TPSA) is 124 Å². The van der Waals surface area contributed by atoms with Gasteiger partial charge in [0.1, 0.15) is 6.54 Å². The van der Waals surface area contributed by atoms with Crippen LogP contribution in [0.1, 0.15) is 17.9 Å². The molecule has 0 unspecified atom stereocenters. The number of benzene rings is 1. The van der Waals surface area contributed by atoms with Crippen LogP contribution in [0.2, 0.25) is 0 Å². The molecular formula is C20H20N4O5S. The summed E-state index contributed by atoms with van der Waals surface area (Å²) in [6, 6.07) is 12.6. The van der Waals surface area contributed by atoms with Gasteiger partial charge in [0.05, 0.1) is 6.61 Å². The second-order valence-electron chi connectivity index (χ2n) is 6.16. The minimum absolute atomic E-state index is 0.102. The Hall–Kier alpha value is -3.37. The van der Waals surface area contributed by atoms with Gasteiger partial charge in [0, 0.05) is 29.8 Å². The molecule has 0 radical (unpaired) electrons. The van der Waals surface area contributed by atoms with Crippen LogP contribution in [0.25, 0.3) is 17.5 Å². The fraction of sp³-hybridized carbons (Fsp3) is 0.200. The molecule has 0 aliphatic carbocycles. The van der Waals surface area contributed by atoms with Gasteiger partial charge in [-0.3, -0.25) is 9.78 Å². The average molecular weight is 428 g/mol. The number of hydrogen-bond acceptors (Lipinski definition) is 8. The van der Waals surface area contributed by atoms with E-state index in [0.29, 0.717) is 24.6 Å². The summed E-state index contributed by atoms with van der Waals surface area (Å²) in [5, 5.41) is 4.88. The van der Waals surface area contributed by atoms with Crippen molar-refractivity contribution in [2.75, 3.05) is 13.2 Å². The highest BCUT2D eigenvalue weighted by atomic mass is 32.2. The van der Waals surface area contributed by atoms with Crippen molar-refractivity contribution in [1.29, 1.82) is 0 Å². The number of esters is 1. The number of hydrogen-bond donors (Lipinski definition) is 1. The predicted molar refractivity (Wildman–Crippen MR) is 109 cm³/mol. The molecular weight excluding hydrogens is 408 g/mol. The molecule has 156 valence electrons. The maximum absolute atomic E-state index is 11.9. The smallest absolute Gasteiger partial charge is 0.321 e. The Kier molecular flexibility index (Phi) is 7.41. The maximum atomic E-state index is 11.9. The normalized spacial score (nSPS) is 11.6. The van der Waals surface area contributed by atoms with Crippen molar-refractivity contribution in [2.45, 2.75) is 12.8 Å². The molecule has 2 heterocycles. The molecule has 3 rings (SSSR count). The van der Waals surface area contributed by atoms with E-state index in [-0.39, 0.29) is 6.61 Å². The van der Waals surface area contributed by atoms with E-state index in [4.69, 9.17) is 9.26 Å². The Labute approximate surface area is 173 Å². The highest BCUT2D eigenvalue weighted by Crippen LogP contribution is 2.14. The number of nitrogens with one attached hydrogen (secondary N) is 1. The van der Waals surface area contributed by atoms with Gasteiger partial charge < -0.3 is 9.26 Å². The molecule has 30 heavy (non-hydrogen) atoms. The lowest BCUT2D eigenvalue weighted by atomic mass is 10.2. The van der Waals surface area contributed by atoms with Crippen molar-refractivity contribution in [2.24, 2.45) is 0 Å². The zero-order valence-electron chi connectivity index (χ0n) is 16.0. The van der Waals surface area contributed by atoms with Gasteiger partial charge in [0.15, 0.2) is 0 Å². The molecule has 1 aromatic carbocycles. The summed E-state index contributed by atoms with van der Waals surface area (Å²) in [5.41, 5.74) is 1.48. The SMILES string of the molecule is O=C(CNS(=O)(=O)/C=C/c1ccccc1)OCCCc1nc(-c2cccnc2)no1. The number of sulfonamides is 1. The average Bonchev–Trinajstić information content (AvgIpc) is 3.24. The second kappa shape index (κ2) is 10.4. The number of nitrogens with zero attached hydrogens (tertiary/aromatic N) is 3. The fourth-order valence-electron chi connectivity index (χ4n) is 2.37. The molecule has 0 bridgehead atoms. The van der Waals surface area contributed by atoms with E-state index in [1.807, 2.05) is 12.1 Å². The van der Waals surface area contributed by atoms with Crippen LogP contribution in [0.15, 0.2) is 64.8 Å². The van der Waals surface area contributed by atoms with E-state index in [0.717, 1.165) is 16.5 Å². The first-order valence-corrected chi connectivity index (χ1v) is 10.7. The molecule has 1 N–H and O–H groups in total. The third kappa shape index (κ3) is 6.90. The zero-order chi connectivity index (χ0) is 21.2. The molecule has 0 aliphatic rings. The first-order valence-electron chi connectivity index (χ1n) is 9.13. The van der Waals surface area contributed by atoms with Gasteiger partial charge in [-0.05, 0) is 30.2 Å². The number of aromatic nitrogens is 3. The van der Waals surface area contributed by atoms with Crippen LogP contribution in [-0.4, -0.2) is 42.7 Å². The van der Waals surface area contributed by atoms with Crippen LogP contribution >= 0.6 is 0 Å². The molecule has 3 aromatic rings. The number of rotatable bonds is 10. The van der Waals surface area contributed by atoms with Crippen molar-refractivity contribution in [1.82, 2.24) is 19.8 Å². The summed E-state index contributed by atoms with van der Waals surface area (Å²) in [4.78, 5) is 20.0. The molecule has 0 amide bonds. The van der Waals surface area contributed by atoms with Crippen molar-refractivity contribution < 1.29 is 22.5 Å². The summed E-state index contributed by atoms with van der Waals surface area (Å²) in [6.45, 7) is -0.349. The molecule has 0 aliphatic heterocycles. The Balaban J connectivity index is 1.36. The highest BCUT2D eigenvalue weighted by molar-refractivity contribution is 7.92. The van der Waals surface area contributed by atoms with Gasteiger partial charge in [-0.2, -0.15) is 4.98 Å². The number of ether oxygens (including phenoxy) is 1. The Bertz CT molecular complexity index is 1080. The van der Waals surface area contributed by atoms with E-state index in [1.54, 1.807) is 42.7 Å². The molecule has 9 nitrogen and oxygen atoms in total. The predicted octanol–water partition coefficient (Wildman–Crippen LogP) is 2.20. The maximum Gasteiger partial charge on any atom is 0.321 e.